The van der Waals surface area contributed by atoms with Crippen molar-refractivity contribution in [3.05, 3.63) is 35.1 Å². The van der Waals surface area contributed by atoms with Gasteiger partial charge in [-0.3, -0.25) is 0 Å². The highest BCUT2D eigenvalue weighted by Crippen LogP contribution is 2.24. The molecule has 114 valence electrons. The third-order valence-corrected chi connectivity index (χ3v) is 4.10. The first-order valence-corrected chi connectivity index (χ1v) is 7.75. The summed E-state index contributed by atoms with van der Waals surface area (Å²) in [5, 5.41) is 8.65. The highest BCUT2D eigenvalue weighted by molar-refractivity contribution is 5.37. The Morgan fingerprint density at radius 2 is 2.05 bits per heavy atom. The highest BCUT2D eigenvalue weighted by Gasteiger charge is 2.16. The Morgan fingerprint density at radius 3 is 2.71 bits per heavy atom. The first-order chi connectivity index (χ1) is 10.2. The van der Waals surface area contributed by atoms with E-state index in [0.29, 0.717) is 17.7 Å². The van der Waals surface area contributed by atoms with Crippen LogP contribution in [0.15, 0.2) is 18.2 Å². The maximum atomic E-state index is 14.1. The van der Waals surface area contributed by atoms with E-state index in [4.69, 9.17) is 5.11 Å². The maximum absolute atomic E-state index is 14.1. The van der Waals surface area contributed by atoms with Gasteiger partial charge >= 0.3 is 0 Å². The Bertz CT molecular complexity index is 512. The van der Waals surface area contributed by atoms with Gasteiger partial charge in [-0.15, -0.1) is 0 Å². The minimum Gasteiger partial charge on any atom is -0.384 e. The predicted molar refractivity (Wildman–Crippen MR) is 83.3 cm³/mol. The average Bonchev–Trinajstić information content (AvgIpc) is 2.48. The fraction of sp³-hybridized carbons (Fsp3) is 0.556. The summed E-state index contributed by atoms with van der Waals surface area (Å²) in [6.45, 7) is 1.48. The molecule has 0 aromatic heterocycles. The Hall–Kier alpha value is -1.37. The molecule has 1 aliphatic carbocycles. The number of nitrogens with zero attached hydrogens (tertiary/aromatic N) is 1. The molecule has 0 bridgehead atoms. The van der Waals surface area contributed by atoms with E-state index in [1.807, 2.05) is 6.07 Å². The van der Waals surface area contributed by atoms with Gasteiger partial charge in [-0.25, -0.2) is 4.39 Å². The van der Waals surface area contributed by atoms with Gasteiger partial charge in [0, 0.05) is 24.2 Å². The molecule has 1 aromatic carbocycles. The topological polar surface area (TPSA) is 23.5 Å². The third kappa shape index (κ3) is 5.15. The van der Waals surface area contributed by atoms with Crippen molar-refractivity contribution in [1.29, 1.82) is 0 Å². The van der Waals surface area contributed by atoms with Crippen molar-refractivity contribution in [2.24, 2.45) is 5.92 Å². The van der Waals surface area contributed by atoms with Crippen LogP contribution in [0.25, 0.3) is 0 Å². The molecule has 21 heavy (non-hydrogen) atoms. The molecule has 0 radical (unpaired) electrons. The Labute approximate surface area is 127 Å². The smallest absolute Gasteiger partial charge is 0.128 e. The van der Waals surface area contributed by atoms with Crippen molar-refractivity contribution in [2.45, 2.75) is 38.6 Å². The zero-order valence-electron chi connectivity index (χ0n) is 12.7. The lowest BCUT2D eigenvalue weighted by Gasteiger charge is -2.27. The number of hydrogen-bond donors (Lipinski definition) is 1. The summed E-state index contributed by atoms with van der Waals surface area (Å²) < 4.78 is 14.1. The third-order valence-electron chi connectivity index (χ3n) is 4.10. The fourth-order valence-electron chi connectivity index (χ4n) is 3.06. The van der Waals surface area contributed by atoms with E-state index < -0.39 is 0 Å². The summed E-state index contributed by atoms with van der Waals surface area (Å²) in [6.07, 6.45) is 6.66. The number of benzene rings is 1. The molecule has 0 unspecified atom stereocenters. The first kappa shape index (κ1) is 16.0. The number of aliphatic hydroxyl groups is 1. The highest BCUT2D eigenvalue weighted by atomic mass is 19.1. The van der Waals surface area contributed by atoms with Crippen molar-refractivity contribution >= 4 is 0 Å². The minimum atomic E-state index is -0.213. The van der Waals surface area contributed by atoms with Crippen LogP contribution in [-0.2, 0) is 6.54 Å². The molecule has 1 N–H and O–H groups in total. The molecule has 0 amide bonds. The summed E-state index contributed by atoms with van der Waals surface area (Å²) in [5.74, 6) is 5.81. The van der Waals surface area contributed by atoms with Gasteiger partial charge in [0.2, 0.25) is 0 Å². The SMILES string of the molecule is CN(Cc1ccc(C#CCO)cc1F)CC1CCCCC1. The molecule has 1 aliphatic rings. The summed E-state index contributed by atoms with van der Waals surface area (Å²) in [7, 11) is 2.06. The van der Waals surface area contributed by atoms with Crippen molar-refractivity contribution in [3.63, 3.8) is 0 Å². The molecule has 0 saturated heterocycles. The molecule has 0 spiro atoms. The normalized spacial score (nSPS) is 15.8. The summed E-state index contributed by atoms with van der Waals surface area (Å²) in [6, 6.07) is 5.07. The van der Waals surface area contributed by atoms with E-state index in [-0.39, 0.29) is 12.4 Å². The van der Waals surface area contributed by atoms with Crippen LogP contribution in [0.1, 0.15) is 43.2 Å². The summed E-state index contributed by atoms with van der Waals surface area (Å²) >= 11 is 0. The monoisotopic (exact) mass is 289 g/mol. The van der Waals surface area contributed by atoms with Crippen LogP contribution in [0, 0.1) is 23.6 Å². The zero-order valence-corrected chi connectivity index (χ0v) is 12.7. The lowest BCUT2D eigenvalue weighted by molar-refractivity contribution is 0.226. The summed E-state index contributed by atoms with van der Waals surface area (Å²) in [5.41, 5.74) is 1.32. The second-order valence-corrected chi connectivity index (χ2v) is 5.97. The molecule has 3 heteroatoms. The van der Waals surface area contributed by atoms with E-state index >= 15 is 0 Å². The van der Waals surface area contributed by atoms with Crippen LogP contribution in [0.4, 0.5) is 4.39 Å². The molecule has 0 aliphatic heterocycles. The van der Waals surface area contributed by atoms with E-state index in [1.54, 1.807) is 6.07 Å². The molecule has 1 aromatic rings. The van der Waals surface area contributed by atoms with E-state index in [1.165, 1.54) is 38.2 Å². The average molecular weight is 289 g/mol. The number of aliphatic hydroxyl groups excluding tert-OH is 1. The minimum absolute atomic E-state index is 0.201. The second kappa shape index (κ2) is 8.17. The van der Waals surface area contributed by atoms with Crippen LogP contribution in [-0.4, -0.2) is 30.2 Å². The number of rotatable bonds is 4. The van der Waals surface area contributed by atoms with Crippen molar-refractivity contribution in [3.8, 4) is 11.8 Å². The van der Waals surface area contributed by atoms with Crippen molar-refractivity contribution in [1.82, 2.24) is 4.90 Å². The van der Waals surface area contributed by atoms with E-state index in [2.05, 4.69) is 23.8 Å². The van der Waals surface area contributed by atoms with Crippen molar-refractivity contribution < 1.29 is 9.50 Å². The molecule has 2 nitrogen and oxygen atoms in total. The Kier molecular flexibility index (Phi) is 6.22. The maximum Gasteiger partial charge on any atom is 0.128 e. The number of halogens is 1. The van der Waals surface area contributed by atoms with Gasteiger partial charge in [0.15, 0.2) is 0 Å². The zero-order chi connectivity index (χ0) is 15.1. The molecular formula is C18H24FNO. The van der Waals surface area contributed by atoms with Crippen LogP contribution in [0.3, 0.4) is 0 Å². The van der Waals surface area contributed by atoms with Gasteiger partial charge in [0.05, 0.1) is 0 Å². The molecule has 2 rings (SSSR count). The van der Waals surface area contributed by atoms with E-state index in [0.717, 1.165) is 12.5 Å². The van der Waals surface area contributed by atoms with Crippen LogP contribution < -0.4 is 0 Å². The van der Waals surface area contributed by atoms with E-state index in [9.17, 15) is 4.39 Å². The van der Waals surface area contributed by atoms with Crippen molar-refractivity contribution in [2.75, 3.05) is 20.2 Å². The Morgan fingerprint density at radius 1 is 1.29 bits per heavy atom. The lowest BCUT2D eigenvalue weighted by Crippen LogP contribution is -2.27. The molecule has 1 fully saturated rings. The summed E-state index contributed by atoms with van der Waals surface area (Å²) in [4.78, 5) is 2.22. The standard InChI is InChI=1S/C18H24FNO/c1-20(13-16-6-3-2-4-7-16)14-17-10-9-15(8-5-11-21)12-18(17)19/h9-10,12,16,21H,2-4,6-7,11,13-14H2,1H3. The van der Waals surface area contributed by atoms with Gasteiger partial charge in [-0.1, -0.05) is 37.2 Å². The van der Waals surface area contributed by atoms with Gasteiger partial charge in [-0.05, 0) is 37.9 Å². The quantitative estimate of drug-likeness (QED) is 0.861. The fourth-order valence-corrected chi connectivity index (χ4v) is 3.06. The molecule has 0 atom stereocenters. The predicted octanol–water partition coefficient (Wildman–Crippen LogP) is 3.18. The first-order valence-electron chi connectivity index (χ1n) is 7.75. The second-order valence-electron chi connectivity index (χ2n) is 5.97. The molecule has 1 saturated carbocycles. The van der Waals surface area contributed by atoms with Crippen LogP contribution >= 0.6 is 0 Å². The Balaban J connectivity index is 1.92. The van der Waals surface area contributed by atoms with Gasteiger partial charge in [0.25, 0.3) is 0 Å². The number of hydrogen-bond acceptors (Lipinski definition) is 2. The molecular weight excluding hydrogens is 265 g/mol. The molecule has 0 heterocycles. The lowest BCUT2D eigenvalue weighted by atomic mass is 9.89. The largest absolute Gasteiger partial charge is 0.384 e. The van der Waals surface area contributed by atoms with Gasteiger partial charge < -0.3 is 10.0 Å². The van der Waals surface area contributed by atoms with Gasteiger partial charge in [-0.2, -0.15) is 0 Å². The van der Waals surface area contributed by atoms with Crippen LogP contribution in [0.2, 0.25) is 0 Å². The van der Waals surface area contributed by atoms with Crippen LogP contribution in [0.5, 0.6) is 0 Å². The van der Waals surface area contributed by atoms with Gasteiger partial charge in [0.1, 0.15) is 12.4 Å².